The molecule has 0 radical (unpaired) electrons. The van der Waals surface area contributed by atoms with Crippen molar-refractivity contribution in [2.75, 3.05) is 20.1 Å². The van der Waals surface area contributed by atoms with Crippen molar-refractivity contribution in [2.24, 2.45) is 0 Å². The molecule has 1 aliphatic heterocycles. The average Bonchev–Trinajstić information content (AvgIpc) is 2.41. The lowest BCUT2D eigenvalue weighted by atomic mass is 10.1. The van der Waals surface area contributed by atoms with Gasteiger partial charge in [0.1, 0.15) is 4.90 Å². The quantitative estimate of drug-likeness (QED) is 0.866. The van der Waals surface area contributed by atoms with Crippen molar-refractivity contribution in [3.63, 3.8) is 0 Å². The van der Waals surface area contributed by atoms with E-state index >= 15 is 0 Å². The average molecular weight is 388 g/mol. The molecule has 1 heterocycles. The van der Waals surface area contributed by atoms with E-state index in [0.29, 0.717) is 13.1 Å². The highest BCUT2D eigenvalue weighted by Crippen LogP contribution is 2.26. The molecule has 0 bridgehead atoms. The van der Waals surface area contributed by atoms with Crippen molar-refractivity contribution >= 4 is 38.4 Å². The Morgan fingerprint density at radius 3 is 2.80 bits per heavy atom. The Balaban J connectivity index is 0.00000200. The van der Waals surface area contributed by atoms with Crippen LogP contribution in [0.4, 0.5) is 4.39 Å². The van der Waals surface area contributed by atoms with Crippen LogP contribution < -0.4 is 5.32 Å². The molecule has 20 heavy (non-hydrogen) atoms. The second-order valence-electron chi connectivity index (χ2n) is 4.54. The first-order valence-corrected chi connectivity index (χ1v) is 8.31. The van der Waals surface area contributed by atoms with Gasteiger partial charge in [0.05, 0.1) is 4.47 Å². The highest BCUT2D eigenvalue weighted by molar-refractivity contribution is 9.10. The SMILES string of the molecule is CNC1CCCN(S(=O)(=O)c2cccc(Br)c2F)C1.Cl. The Labute approximate surface area is 133 Å². The number of nitrogens with zero attached hydrogens (tertiary/aromatic N) is 1. The largest absolute Gasteiger partial charge is 0.316 e. The van der Waals surface area contributed by atoms with Crippen molar-refractivity contribution in [1.29, 1.82) is 0 Å². The van der Waals surface area contributed by atoms with Gasteiger partial charge in [0.15, 0.2) is 5.82 Å². The van der Waals surface area contributed by atoms with E-state index in [-0.39, 0.29) is 27.8 Å². The van der Waals surface area contributed by atoms with E-state index in [1.54, 1.807) is 7.05 Å². The fraction of sp³-hybridized carbons (Fsp3) is 0.500. The summed E-state index contributed by atoms with van der Waals surface area (Å²) in [6.07, 6.45) is 1.71. The molecule has 0 saturated carbocycles. The molecule has 1 N–H and O–H groups in total. The monoisotopic (exact) mass is 386 g/mol. The maximum Gasteiger partial charge on any atom is 0.246 e. The second kappa shape index (κ2) is 7.17. The molecule has 1 aromatic rings. The summed E-state index contributed by atoms with van der Waals surface area (Å²) in [7, 11) is -1.96. The van der Waals surface area contributed by atoms with E-state index in [9.17, 15) is 12.8 Å². The minimum absolute atomic E-state index is 0. The van der Waals surface area contributed by atoms with Crippen LogP contribution in [0.25, 0.3) is 0 Å². The van der Waals surface area contributed by atoms with Crippen LogP contribution in [0.3, 0.4) is 0 Å². The molecule has 1 saturated heterocycles. The maximum atomic E-state index is 14.0. The van der Waals surface area contributed by atoms with E-state index in [1.165, 1.54) is 22.5 Å². The van der Waals surface area contributed by atoms with Crippen LogP contribution in [0.2, 0.25) is 0 Å². The van der Waals surface area contributed by atoms with Crippen LogP contribution in [0, 0.1) is 5.82 Å². The molecule has 0 aromatic heterocycles. The first-order valence-electron chi connectivity index (χ1n) is 6.08. The number of sulfonamides is 1. The first-order chi connectivity index (χ1) is 8.96. The van der Waals surface area contributed by atoms with Crippen molar-refractivity contribution in [2.45, 2.75) is 23.8 Å². The van der Waals surface area contributed by atoms with E-state index in [0.717, 1.165) is 12.8 Å². The summed E-state index contributed by atoms with van der Waals surface area (Å²) in [6.45, 7) is 0.817. The predicted molar refractivity (Wildman–Crippen MR) is 82.2 cm³/mol. The number of rotatable bonds is 3. The van der Waals surface area contributed by atoms with Gasteiger partial charge in [0, 0.05) is 19.1 Å². The summed E-state index contributed by atoms with van der Waals surface area (Å²) in [6, 6.07) is 4.44. The van der Waals surface area contributed by atoms with Crippen LogP contribution in [0.15, 0.2) is 27.6 Å². The van der Waals surface area contributed by atoms with Crippen LogP contribution in [0.5, 0.6) is 0 Å². The topological polar surface area (TPSA) is 49.4 Å². The van der Waals surface area contributed by atoms with Gasteiger partial charge in [-0.15, -0.1) is 12.4 Å². The van der Waals surface area contributed by atoms with Gasteiger partial charge >= 0.3 is 0 Å². The first kappa shape index (κ1) is 17.8. The van der Waals surface area contributed by atoms with Gasteiger partial charge < -0.3 is 5.32 Å². The molecule has 1 atom stereocenters. The second-order valence-corrected chi connectivity index (χ2v) is 7.30. The van der Waals surface area contributed by atoms with Gasteiger partial charge in [-0.05, 0) is 48.0 Å². The third kappa shape index (κ3) is 3.51. The molecule has 8 heteroatoms. The molecule has 1 aliphatic rings. The summed E-state index contributed by atoms with van der Waals surface area (Å²) >= 11 is 3.02. The van der Waals surface area contributed by atoms with E-state index in [1.807, 2.05) is 0 Å². The minimum atomic E-state index is -3.77. The van der Waals surface area contributed by atoms with Gasteiger partial charge in [0.2, 0.25) is 10.0 Å². The number of likely N-dealkylation sites (N-methyl/N-ethyl adjacent to an activating group) is 1. The number of hydrogen-bond donors (Lipinski definition) is 1. The maximum absolute atomic E-state index is 14.0. The Morgan fingerprint density at radius 1 is 1.45 bits per heavy atom. The summed E-state index contributed by atoms with van der Waals surface area (Å²) in [4.78, 5) is -0.265. The molecular formula is C12H17BrClFN2O2S. The highest BCUT2D eigenvalue weighted by atomic mass is 79.9. The zero-order valence-corrected chi connectivity index (χ0v) is 14.2. The molecule has 0 spiro atoms. The molecule has 1 aromatic carbocycles. The number of halogens is 3. The van der Waals surface area contributed by atoms with Gasteiger partial charge in [0.25, 0.3) is 0 Å². The van der Waals surface area contributed by atoms with Gasteiger partial charge in [-0.3, -0.25) is 0 Å². The lowest BCUT2D eigenvalue weighted by molar-refractivity contribution is 0.292. The van der Waals surface area contributed by atoms with Crippen LogP contribution in [0.1, 0.15) is 12.8 Å². The van der Waals surface area contributed by atoms with Gasteiger partial charge in [-0.1, -0.05) is 6.07 Å². The molecule has 0 amide bonds. The zero-order valence-electron chi connectivity index (χ0n) is 11.0. The van der Waals surface area contributed by atoms with E-state index < -0.39 is 15.8 Å². The highest BCUT2D eigenvalue weighted by Gasteiger charge is 2.32. The Hall–Kier alpha value is -0.210. The Morgan fingerprint density at radius 2 is 2.15 bits per heavy atom. The summed E-state index contributed by atoms with van der Waals surface area (Å²) < 4.78 is 40.4. The van der Waals surface area contributed by atoms with E-state index in [4.69, 9.17) is 0 Å². The summed E-state index contributed by atoms with van der Waals surface area (Å²) in [5.74, 6) is -0.728. The summed E-state index contributed by atoms with van der Waals surface area (Å²) in [5.41, 5.74) is 0. The molecule has 1 fully saturated rings. The van der Waals surface area contributed by atoms with Crippen molar-refractivity contribution in [3.8, 4) is 0 Å². The van der Waals surface area contributed by atoms with Crippen LogP contribution >= 0.6 is 28.3 Å². The molecular weight excluding hydrogens is 371 g/mol. The van der Waals surface area contributed by atoms with Crippen molar-refractivity contribution in [1.82, 2.24) is 9.62 Å². The fourth-order valence-electron chi connectivity index (χ4n) is 2.22. The Kier molecular flexibility index (Phi) is 6.40. The number of piperidine rings is 1. The van der Waals surface area contributed by atoms with Crippen LogP contribution in [-0.4, -0.2) is 38.9 Å². The number of nitrogens with one attached hydrogen (secondary N) is 1. The summed E-state index contributed by atoms with van der Waals surface area (Å²) in [5, 5.41) is 3.07. The number of benzene rings is 1. The molecule has 2 rings (SSSR count). The van der Waals surface area contributed by atoms with Crippen molar-refractivity contribution in [3.05, 3.63) is 28.5 Å². The predicted octanol–water partition coefficient (Wildman–Crippen LogP) is 2.38. The third-order valence-corrected chi connectivity index (χ3v) is 5.82. The molecule has 1 unspecified atom stereocenters. The smallest absolute Gasteiger partial charge is 0.246 e. The standard InChI is InChI=1S/C12H16BrFN2O2S.ClH/c1-15-9-4-3-7-16(8-9)19(17,18)11-6-2-5-10(13)12(11)14;/h2,5-6,9,15H,3-4,7-8H2,1H3;1H. The van der Waals surface area contributed by atoms with Crippen molar-refractivity contribution < 1.29 is 12.8 Å². The number of hydrogen-bond acceptors (Lipinski definition) is 3. The fourth-order valence-corrected chi connectivity index (χ4v) is 4.33. The Bertz CT molecular complexity index is 571. The molecule has 0 aliphatic carbocycles. The van der Waals surface area contributed by atoms with Crippen LogP contribution in [-0.2, 0) is 10.0 Å². The lowest BCUT2D eigenvalue weighted by Crippen LogP contribution is -2.47. The lowest BCUT2D eigenvalue weighted by Gasteiger charge is -2.31. The molecule has 114 valence electrons. The normalized spacial score (nSPS) is 20.4. The zero-order chi connectivity index (χ0) is 14.0. The van der Waals surface area contributed by atoms with E-state index in [2.05, 4.69) is 21.2 Å². The third-order valence-electron chi connectivity index (χ3n) is 3.33. The van der Waals surface area contributed by atoms with Gasteiger partial charge in [-0.2, -0.15) is 4.31 Å². The minimum Gasteiger partial charge on any atom is -0.316 e. The molecule has 4 nitrogen and oxygen atoms in total. The van der Waals surface area contributed by atoms with Gasteiger partial charge in [-0.25, -0.2) is 12.8 Å².